The Balaban J connectivity index is 2.76. The number of hydrogen-bond acceptors (Lipinski definition) is 3. The van der Waals surface area contributed by atoms with Crippen molar-refractivity contribution in [2.24, 2.45) is 5.41 Å². The van der Waals surface area contributed by atoms with Crippen molar-refractivity contribution >= 4 is 11.7 Å². The second-order valence-electron chi connectivity index (χ2n) is 6.05. The summed E-state index contributed by atoms with van der Waals surface area (Å²) in [6.07, 6.45) is 1.03. The molecule has 2 N–H and O–H groups in total. The van der Waals surface area contributed by atoms with E-state index in [0.717, 1.165) is 24.5 Å². The molecule has 0 aromatic carbocycles. The highest BCUT2D eigenvalue weighted by Crippen LogP contribution is 2.13. The van der Waals surface area contributed by atoms with Crippen LogP contribution in [0.2, 0.25) is 0 Å². The Bertz CT molecular complexity index is 436. The van der Waals surface area contributed by atoms with Crippen LogP contribution in [0.1, 0.15) is 50.2 Å². The van der Waals surface area contributed by atoms with Crippen LogP contribution in [0.5, 0.6) is 0 Å². The topological polar surface area (TPSA) is 54.0 Å². The quantitative estimate of drug-likeness (QED) is 0.858. The summed E-state index contributed by atoms with van der Waals surface area (Å²) in [5.74, 6) is 0.725. The highest BCUT2D eigenvalue weighted by molar-refractivity contribution is 5.95. The van der Waals surface area contributed by atoms with Gasteiger partial charge in [-0.15, -0.1) is 0 Å². The first-order valence-electron chi connectivity index (χ1n) is 6.82. The van der Waals surface area contributed by atoms with Crippen molar-refractivity contribution in [2.75, 3.05) is 18.4 Å². The predicted molar refractivity (Wildman–Crippen MR) is 79.5 cm³/mol. The molecule has 0 aliphatic rings. The lowest BCUT2D eigenvalue weighted by Crippen LogP contribution is -2.32. The van der Waals surface area contributed by atoms with Crippen molar-refractivity contribution in [3.63, 3.8) is 0 Å². The fourth-order valence-electron chi connectivity index (χ4n) is 1.59. The molecular formula is C15H25N3O. The average Bonchev–Trinajstić information content (AvgIpc) is 2.31. The van der Waals surface area contributed by atoms with Gasteiger partial charge < -0.3 is 10.6 Å². The number of anilines is 1. The monoisotopic (exact) mass is 263 g/mol. The zero-order valence-corrected chi connectivity index (χ0v) is 12.6. The van der Waals surface area contributed by atoms with E-state index in [9.17, 15) is 4.79 Å². The molecule has 1 aromatic heterocycles. The minimum absolute atomic E-state index is 0.0417. The molecule has 0 aliphatic heterocycles. The SMILES string of the molecule is CCCNc1cc(C(=O)NCC(C)(C)C)cc(C)n1. The summed E-state index contributed by atoms with van der Waals surface area (Å²) in [7, 11) is 0. The summed E-state index contributed by atoms with van der Waals surface area (Å²) in [6.45, 7) is 11.8. The number of amides is 1. The fourth-order valence-corrected chi connectivity index (χ4v) is 1.59. The number of carbonyl (C=O) groups excluding carboxylic acids is 1. The van der Waals surface area contributed by atoms with Crippen LogP contribution in [-0.4, -0.2) is 24.0 Å². The average molecular weight is 263 g/mol. The lowest BCUT2D eigenvalue weighted by atomic mass is 9.97. The van der Waals surface area contributed by atoms with Gasteiger partial charge in [0.25, 0.3) is 5.91 Å². The lowest BCUT2D eigenvalue weighted by molar-refractivity contribution is 0.0939. The maximum atomic E-state index is 12.1. The van der Waals surface area contributed by atoms with Crippen molar-refractivity contribution in [2.45, 2.75) is 41.0 Å². The van der Waals surface area contributed by atoms with Gasteiger partial charge >= 0.3 is 0 Å². The van der Waals surface area contributed by atoms with Crippen molar-refractivity contribution < 1.29 is 4.79 Å². The molecule has 0 fully saturated rings. The van der Waals surface area contributed by atoms with Gasteiger partial charge in [-0.3, -0.25) is 4.79 Å². The number of aryl methyl sites for hydroxylation is 1. The first kappa shape index (κ1) is 15.5. The van der Waals surface area contributed by atoms with Crippen molar-refractivity contribution in [3.8, 4) is 0 Å². The Morgan fingerprint density at radius 1 is 1.32 bits per heavy atom. The Hall–Kier alpha value is -1.58. The highest BCUT2D eigenvalue weighted by atomic mass is 16.1. The zero-order chi connectivity index (χ0) is 14.5. The van der Waals surface area contributed by atoms with E-state index in [0.29, 0.717) is 12.1 Å². The number of rotatable bonds is 5. The Kier molecular flexibility index (Phi) is 5.33. The molecule has 1 rings (SSSR count). The summed E-state index contributed by atoms with van der Waals surface area (Å²) in [5.41, 5.74) is 1.60. The van der Waals surface area contributed by atoms with Gasteiger partial charge in [0.1, 0.15) is 5.82 Å². The van der Waals surface area contributed by atoms with Gasteiger partial charge in [0.2, 0.25) is 0 Å². The van der Waals surface area contributed by atoms with E-state index in [1.807, 2.05) is 13.0 Å². The van der Waals surface area contributed by atoms with E-state index >= 15 is 0 Å². The van der Waals surface area contributed by atoms with Crippen LogP contribution in [0.4, 0.5) is 5.82 Å². The van der Waals surface area contributed by atoms with E-state index in [1.54, 1.807) is 6.07 Å². The molecule has 1 heterocycles. The number of nitrogens with one attached hydrogen (secondary N) is 2. The molecule has 0 bridgehead atoms. The molecule has 0 spiro atoms. The summed E-state index contributed by atoms with van der Waals surface area (Å²) < 4.78 is 0. The van der Waals surface area contributed by atoms with Gasteiger partial charge in [-0.25, -0.2) is 4.98 Å². The van der Waals surface area contributed by atoms with E-state index in [4.69, 9.17) is 0 Å². The molecule has 4 nitrogen and oxygen atoms in total. The molecule has 106 valence electrons. The van der Waals surface area contributed by atoms with Crippen LogP contribution in [0.3, 0.4) is 0 Å². The van der Waals surface area contributed by atoms with Gasteiger partial charge in [0, 0.05) is 24.3 Å². The predicted octanol–water partition coefficient (Wildman–Crippen LogP) is 2.99. The summed E-state index contributed by atoms with van der Waals surface area (Å²) in [5, 5.41) is 6.17. The Morgan fingerprint density at radius 3 is 2.58 bits per heavy atom. The standard InChI is InChI=1S/C15H25N3O/c1-6-7-16-13-9-12(8-11(2)18-13)14(19)17-10-15(3,4)5/h8-9H,6-7,10H2,1-5H3,(H,16,18)(H,17,19). The maximum absolute atomic E-state index is 12.1. The first-order valence-corrected chi connectivity index (χ1v) is 6.82. The van der Waals surface area contributed by atoms with Crippen LogP contribution in [0.25, 0.3) is 0 Å². The number of hydrogen-bond donors (Lipinski definition) is 2. The molecule has 1 amide bonds. The first-order chi connectivity index (χ1) is 8.81. The van der Waals surface area contributed by atoms with Crippen LogP contribution >= 0.6 is 0 Å². The molecule has 0 atom stereocenters. The van der Waals surface area contributed by atoms with E-state index < -0.39 is 0 Å². The third-order valence-corrected chi connectivity index (χ3v) is 2.55. The lowest BCUT2D eigenvalue weighted by Gasteiger charge is -2.19. The van der Waals surface area contributed by atoms with E-state index in [-0.39, 0.29) is 11.3 Å². The minimum Gasteiger partial charge on any atom is -0.370 e. The molecule has 0 unspecified atom stereocenters. The second kappa shape index (κ2) is 6.55. The third kappa shape index (κ3) is 5.73. The number of carbonyl (C=O) groups is 1. The van der Waals surface area contributed by atoms with Crippen LogP contribution in [0.15, 0.2) is 12.1 Å². The highest BCUT2D eigenvalue weighted by Gasteiger charge is 2.14. The van der Waals surface area contributed by atoms with Gasteiger partial charge in [0.15, 0.2) is 0 Å². The van der Waals surface area contributed by atoms with E-state index in [2.05, 4.69) is 43.3 Å². The fraction of sp³-hybridized carbons (Fsp3) is 0.600. The van der Waals surface area contributed by atoms with Crippen molar-refractivity contribution in [1.29, 1.82) is 0 Å². The Labute approximate surface area is 116 Å². The maximum Gasteiger partial charge on any atom is 0.251 e. The molecule has 0 saturated heterocycles. The van der Waals surface area contributed by atoms with Gasteiger partial charge in [-0.1, -0.05) is 27.7 Å². The molecule has 19 heavy (non-hydrogen) atoms. The minimum atomic E-state index is -0.0417. The molecule has 0 aliphatic carbocycles. The molecule has 4 heteroatoms. The summed E-state index contributed by atoms with van der Waals surface area (Å²) in [4.78, 5) is 16.5. The summed E-state index contributed by atoms with van der Waals surface area (Å²) in [6, 6.07) is 3.62. The molecule has 0 radical (unpaired) electrons. The van der Waals surface area contributed by atoms with Gasteiger partial charge in [-0.05, 0) is 30.9 Å². The van der Waals surface area contributed by atoms with E-state index in [1.165, 1.54) is 0 Å². The van der Waals surface area contributed by atoms with Crippen LogP contribution < -0.4 is 10.6 Å². The third-order valence-electron chi connectivity index (χ3n) is 2.55. The molecular weight excluding hydrogens is 238 g/mol. The number of nitrogens with zero attached hydrogens (tertiary/aromatic N) is 1. The largest absolute Gasteiger partial charge is 0.370 e. The molecule has 1 aromatic rings. The summed E-state index contributed by atoms with van der Waals surface area (Å²) >= 11 is 0. The number of pyridine rings is 1. The zero-order valence-electron chi connectivity index (χ0n) is 12.6. The van der Waals surface area contributed by atoms with Gasteiger partial charge in [-0.2, -0.15) is 0 Å². The van der Waals surface area contributed by atoms with Crippen molar-refractivity contribution in [3.05, 3.63) is 23.4 Å². The molecule has 0 saturated carbocycles. The Morgan fingerprint density at radius 2 is 2.00 bits per heavy atom. The van der Waals surface area contributed by atoms with Gasteiger partial charge in [0.05, 0.1) is 0 Å². The second-order valence-corrected chi connectivity index (χ2v) is 6.05. The smallest absolute Gasteiger partial charge is 0.251 e. The normalized spacial score (nSPS) is 11.2. The van der Waals surface area contributed by atoms with Crippen molar-refractivity contribution in [1.82, 2.24) is 10.3 Å². The van der Waals surface area contributed by atoms with Crippen LogP contribution in [0, 0.1) is 12.3 Å². The van der Waals surface area contributed by atoms with Crippen LogP contribution in [-0.2, 0) is 0 Å². The number of aromatic nitrogens is 1.